The highest BCUT2D eigenvalue weighted by molar-refractivity contribution is 5.20. The van der Waals surface area contributed by atoms with Crippen LogP contribution >= 0.6 is 0 Å². The highest BCUT2D eigenvalue weighted by atomic mass is 16.5. The lowest BCUT2D eigenvalue weighted by Gasteiger charge is -2.17. The van der Waals surface area contributed by atoms with Crippen molar-refractivity contribution < 1.29 is 9.84 Å². The number of rotatable bonds is 8. The lowest BCUT2D eigenvalue weighted by molar-refractivity contribution is 0.162. The van der Waals surface area contributed by atoms with E-state index in [4.69, 9.17) is 4.74 Å². The number of hydrogen-bond acceptors (Lipinski definition) is 3. The van der Waals surface area contributed by atoms with Gasteiger partial charge in [0.15, 0.2) is 0 Å². The van der Waals surface area contributed by atoms with E-state index < -0.39 is 0 Å². The van der Waals surface area contributed by atoms with Crippen molar-refractivity contribution in [2.45, 2.75) is 25.9 Å². The predicted molar refractivity (Wildman–Crippen MR) is 70.3 cm³/mol. The Labute approximate surface area is 104 Å². The van der Waals surface area contributed by atoms with Crippen LogP contribution in [0.3, 0.4) is 0 Å². The van der Waals surface area contributed by atoms with E-state index in [0.717, 1.165) is 38.3 Å². The SMILES string of the molecule is CC(O)CCN(C)CCCOc1ccccc1. The molecule has 0 spiro atoms. The molecule has 0 aliphatic carbocycles. The quantitative estimate of drug-likeness (QED) is 0.703. The molecule has 0 radical (unpaired) electrons. The van der Waals surface area contributed by atoms with Gasteiger partial charge >= 0.3 is 0 Å². The Morgan fingerprint density at radius 1 is 1.24 bits per heavy atom. The summed E-state index contributed by atoms with van der Waals surface area (Å²) in [6, 6.07) is 9.87. The molecule has 1 aromatic carbocycles. The van der Waals surface area contributed by atoms with E-state index in [1.54, 1.807) is 0 Å². The van der Waals surface area contributed by atoms with Crippen molar-refractivity contribution in [3.8, 4) is 5.75 Å². The van der Waals surface area contributed by atoms with Crippen LogP contribution in [0.2, 0.25) is 0 Å². The predicted octanol–water partition coefficient (Wildman–Crippen LogP) is 2.16. The molecule has 0 bridgehead atoms. The van der Waals surface area contributed by atoms with Crippen LogP contribution in [0.5, 0.6) is 5.75 Å². The number of hydrogen-bond donors (Lipinski definition) is 1. The summed E-state index contributed by atoms with van der Waals surface area (Å²) in [6.07, 6.45) is 1.62. The average Bonchev–Trinajstić information content (AvgIpc) is 2.33. The summed E-state index contributed by atoms with van der Waals surface area (Å²) in [5, 5.41) is 9.17. The van der Waals surface area contributed by atoms with Crippen molar-refractivity contribution in [3.63, 3.8) is 0 Å². The van der Waals surface area contributed by atoms with Gasteiger partial charge in [0.05, 0.1) is 12.7 Å². The summed E-state index contributed by atoms with van der Waals surface area (Å²) >= 11 is 0. The molecular weight excluding hydrogens is 214 g/mol. The highest BCUT2D eigenvalue weighted by Gasteiger charge is 2.01. The third kappa shape index (κ3) is 6.97. The molecule has 0 aromatic heterocycles. The molecule has 0 aliphatic heterocycles. The van der Waals surface area contributed by atoms with Gasteiger partial charge in [-0.15, -0.1) is 0 Å². The maximum absolute atomic E-state index is 9.17. The lowest BCUT2D eigenvalue weighted by atomic mass is 10.2. The first-order chi connectivity index (χ1) is 8.18. The molecule has 0 saturated carbocycles. The maximum Gasteiger partial charge on any atom is 0.119 e. The van der Waals surface area contributed by atoms with Crippen LogP contribution in [0.15, 0.2) is 30.3 Å². The zero-order valence-corrected chi connectivity index (χ0v) is 10.8. The van der Waals surface area contributed by atoms with E-state index in [2.05, 4.69) is 11.9 Å². The van der Waals surface area contributed by atoms with Crippen molar-refractivity contribution in [3.05, 3.63) is 30.3 Å². The Morgan fingerprint density at radius 3 is 2.59 bits per heavy atom. The fraction of sp³-hybridized carbons (Fsp3) is 0.571. The Morgan fingerprint density at radius 2 is 1.94 bits per heavy atom. The van der Waals surface area contributed by atoms with Gasteiger partial charge < -0.3 is 14.7 Å². The van der Waals surface area contributed by atoms with E-state index in [0.29, 0.717) is 0 Å². The van der Waals surface area contributed by atoms with Crippen LogP contribution in [0.1, 0.15) is 19.8 Å². The molecule has 1 aromatic rings. The zero-order chi connectivity index (χ0) is 12.5. The van der Waals surface area contributed by atoms with Gasteiger partial charge in [-0.05, 0) is 38.9 Å². The van der Waals surface area contributed by atoms with Gasteiger partial charge in [-0.1, -0.05) is 18.2 Å². The van der Waals surface area contributed by atoms with E-state index in [-0.39, 0.29) is 6.10 Å². The van der Waals surface area contributed by atoms with Gasteiger partial charge in [-0.2, -0.15) is 0 Å². The smallest absolute Gasteiger partial charge is 0.119 e. The lowest BCUT2D eigenvalue weighted by Crippen LogP contribution is -2.24. The molecule has 0 amide bonds. The zero-order valence-electron chi connectivity index (χ0n) is 10.8. The Balaban J connectivity index is 2.04. The summed E-state index contributed by atoms with van der Waals surface area (Å²) in [4.78, 5) is 2.22. The summed E-state index contributed by atoms with van der Waals surface area (Å²) in [5.74, 6) is 0.930. The minimum Gasteiger partial charge on any atom is -0.494 e. The van der Waals surface area contributed by atoms with Gasteiger partial charge in [0.25, 0.3) is 0 Å². The van der Waals surface area contributed by atoms with Gasteiger partial charge in [0.2, 0.25) is 0 Å². The Hall–Kier alpha value is -1.06. The molecule has 1 N–H and O–H groups in total. The van der Waals surface area contributed by atoms with E-state index in [1.165, 1.54) is 0 Å². The second kappa shape index (κ2) is 8.09. The molecular formula is C14H23NO2. The fourth-order valence-electron chi connectivity index (χ4n) is 1.56. The van der Waals surface area contributed by atoms with Crippen molar-refractivity contribution >= 4 is 0 Å². The molecule has 0 saturated heterocycles. The summed E-state index contributed by atoms with van der Waals surface area (Å²) < 4.78 is 5.61. The van der Waals surface area contributed by atoms with Gasteiger partial charge in [0.1, 0.15) is 5.75 Å². The van der Waals surface area contributed by atoms with Crippen molar-refractivity contribution in [1.82, 2.24) is 4.90 Å². The number of para-hydroxylation sites is 1. The van der Waals surface area contributed by atoms with Crippen molar-refractivity contribution in [2.24, 2.45) is 0 Å². The first-order valence-electron chi connectivity index (χ1n) is 6.23. The molecule has 0 aliphatic rings. The standard InChI is InChI=1S/C14H23NO2/c1-13(16)9-11-15(2)10-6-12-17-14-7-4-3-5-8-14/h3-5,7-8,13,16H,6,9-12H2,1-2H3. The molecule has 17 heavy (non-hydrogen) atoms. The number of ether oxygens (including phenoxy) is 1. The Kier molecular flexibility index (Phi) is 6.67. The summed E-state index contributed by atoms with van der Waals surface area (Å²) in [6.45, 7) is 4.50. The van der Waals surface area contributed by atoms with Crippen LogP contribution in [0, 0.1) is 0 Å². The number of aliphatic hydroxyl groups excluding tert-OH is 1. The summed E-state index contributed by atoms with van der Waals surface area (Å²) in [5.41, 5.74) is 0. The maximum atomic E-state index is 9.17. The van der Waals surface area contributed by atoms with Crippen molar-refractivity contribution in [1.29, 1.82) is 0 Å². The van der Waals surface area contributed by atoms with E-state index >= 15 is 0 Å². The average molecular weight is 237 g/mol. The van der Waals surface area contributed by atoms with Gasteiger partial charge in [0, 0.05) is 13.1 Å². The first-order valence-corrected chi connectivity index (χ1v) is 6.23. The molecule has 96 valence electrons. The minimum atomic E-state index is -0.210. The third-order valence-corrected chi connectivity index (χ3v) is 2.62. The van der Waals surface area contributed by atoms with Crippen LogP contribution in [0.25, 0.3) is 0 Å². The highest BCUT2D eigenvalue weighted by Crippen LogP contribution is 2.08. The monoisotopic (exact) mass is 237 g/mol. The minimum absolute atomic E-state index is 0.210. The van der Waals surface area contributed by atoms with Crippen LogP contribution in [-0.2, 0) is 0 Å². The molecule has 1 rings (SSSR count). The second-order valence-electron chi connectivity index (χ2n) is 4.46. The van der Waals surface area contributed by atoms with E-state index in [1.807, 2.05) is 37.3 Å². The Bertz CT molecular complexity index is 288. The van der Waals surface area contributed by atoms with Crippen LogP contribution in [0.4, 0.5) is 0 Å². The van der Waals surface area contributed by atoms with Gasteiger partial charge in [-0.25, -0.2) is 0 Å². The third-order valence-electron chi connectivity index (χ3n) is 2.62. The van der Waals surface area contributed by atoms with E-state index in [9.17, 15) is 5.11 Å². The van der Waals surface area contributed by atoms with Crippen LogP contribution in [-0.4, -0.2) is 42.9 Å². The number of aliphatic hydroxyl groups is 1. The van der Waals surface area contributed by atoms with Crippen molar-refractivity contribution in [2.75, 3.05) is 26.7 Å². The summed E-state index contributed by atoms with van der Waals surface area (Å²) in [7, 11) is 2.07. The molecule has 0 fully saturated rings. The van der Waals surface area contributed by atoms with Crippen LogP contribution < -0.4 is 4.74 Å². The van der Waals surface area contributed by atoms with Gasteiger partial charge in [-0.3, -0.25) is 0 Å². The molecule has 1 atom stereocenters. The molecule has 3 nitrogen and oxygen atoms in total. The largest absolute Gasteiger partial charge is 0.494 e. The fourth-order valence-corrected chi connectivity index (χ4v) is 1.56. The molecule has 3 heteroatoms. The number of nitrogens with zero attached hydrogens (tertiary/aromatic N) is 1. The molecule has 1 unspecified atom stereocenters. The second-order valence-corrected chi connectivity index (χ2v) is 4.46. The number of benzene rings is 1. The normalized spacial score (nSPS) is 12.7. The molecule has 0 heterocycles. The topological polar surface area (TPSA) is 32.7 Å². The first kappa shape index (κ1) is 14.0.